The number of benzene rings is 1. The SMILES string of the molecule is CC(=O)O[C@@H]1C2=C(C)[C@@H](O)C[C@@](O)([C@@H](OC(=O)c3ccccc3)[C@H]3[C@@](C)([C@@H](O)CC4OC[C@]43OC(C)=O)[C@H]1O)C2(C)C. The largest absolute Gasteiger partial charge is 0.455 e. The Bertz CT molecular complexity index is 1310. The van der Waals surface area contributed by atoms with Gasteiger partial charge in [0.2, 0.25) is 0 Å². The lowest BCUT2D eigenvalue weighted by molar-refractivity contribution is -0.365. The summed E-state index contributed by atoms with van der Waals surface area (Å²) < 4.78 is 23.7. The molecular weight excluding hydrogens is 548 g/mol. The van der Waals surface area contributed by atoms with Crippen molar-refractivity contribution in [2.24, 2.45) is 16.7 Å². The van der Waals surface area contributed by atoms with Gasteiger partial charge >= 0.3 is 17.9 Å². The fourth-order valence-corrected chi connectivity index (χ4v) is 8.15. The number of esters is 3. The molecule has 1 saturated heterocycles. The van der Waals surface area contributed by atoms with Gasteiger partial charge in [0.05, 0.1) is 30.3 Å². The van der Waals surface area contributed by atoms with Crippen LogP contribution in [0.1, 0.15) is 64.7 Å². The minimum absolute atomic E-state index is 0.0496. The van der Waals surface area contributed by atoms with E-state index in [-0.39, 0.29) is 30.6 Å². The summed E-state index contributed by atoms with van der Waals surface area (Å²) >= 11 is 0. The van der Waals surface area contributed by atoms with Gasteiger partial charge in [0.25, 0.3) is 0 Å². The van der Waals surface area contributed by atoms with Crippen LogP contribution < -0.4 is 0 Å². The van der Waals surface area contributed by atoms with Crippen LogP contribution in [0.3, 0.4) is 0 Å². The highest BCUT2D eigenvalue weighted by Gasteiger charge is 2.78. The quantitative estimate of drug-likeness (QED) is 0.228. The van der Waals surface area contributed by atoms with Crippen LogP contribution in [0, 0.1) is 16.7 Å². The summed E-state index contributed by atoms with van der Waals surface area (Å²) in [6.45, 7) is 8.75. The van der Waals surface area contributed by atoms with E-state index >= 15 is 0 Å². The van der Waals surface area contributed by atoms with Crippen LogP contribution in [-0.2, 0) is 28.5 Å². The molecule has 42 heavy (non-hydrogen) atoms. The van der Waals surface area contributed by atoms with Crippen LogP contribution in [0.5, 0.6) is 0 Å². The van der Waals surface area contributed by atoms with Gasteiger partial charge in [-0.05, 0) is 30.2 Å². The first-order valence-electron chi connectivity index (χ1n) is 14.2. The first kappa shape index (κ1) is 30.6. The number of carbonyl (C=O) groups excluding carboxylic acids is 3. The Morgan fingerprint density at radius 2 is 1.62 bits per heavy atom. The smallest absolute Gasteiger partial charge is 0.338 e. The second kappa shape index (κ2) is 10.1. The first-order valence-corrected chi connectivity index (χ1v) is 14.2. The van der Waals surface area contributed by atoms with Gasteiger partial charge in [-0.25, -0.2) is 4.79 Å². The fraction of sp³-hybridized carbons (Fsp3) is 0.645. The molecule has 4 N–H and O–H groups in total. The highest BCUT2D eigenvalue weighted by Crippen LogP contribution is 2.65. The van der Waals surface area contributed by atoms with Crippen molar-refractivity contribution in [3.05, 3.63) is 47.0 Å². The summed E-state index contributed by atoms with van der Waals surface area (Å²) in [6.07, 6.45) is -8.39. The van der Waals surface area contributed by atoms with Crippen LogP contribution in [-0.4, -0.2) is 92.8 Å². The Kier molecular flexibility index (Phi) is 7.38. The van der Waals surface area contributed by atoms with E-state index in [2.05, 4.69) is 0 Å². The van der Waals surface area contributed by atoms with Crippen LogP contribution >= 0.6 is 0 Å². The number of fused-ring (bicyclic) bond motifs is 5. The van der Waals surface area contributed by atoms with Gasteiger partial charge in [-0.15, -0.1) is 0 Å². The molecule has 2 saturated carbocycles. The molecule has 1 aromatic carbocycles. The van der Waals surface area contributed by atoms with Crippen LogP contribution in [0.25, 0.3) is 0 Å². The lowest BCUT2D eigenvalue weighted by atomic mass is 9.44. The van der Waals surface area contributed by atoms with Gasteiger partial charge in [0.15, 0.2) is 11.7 Å². The summed E-state index contributed by atoms with van der Waals surface area (Å²) in [6, 6.07) is 8.12. The predicted molar refractivity (Wildman–Crippen MR) is 146 cm³/mol. The van der Waals surface area contributed by atoms with Crippen molar-refractivity contribution in [1.29, 1.82) is 0 Å². The maximum Gasteiger partial charge on any atom is 0.338 e. The maximum atomic E-state index is 13.7. The second-order valence-corrected chi connectivity index (χ2v) is 13.0. The number of ether oxygens (including phenoxy) is 4. The first-order chi connectivity index (χ1) is 19.5. The number of hydrogen-bond acceptors (Lipinski definition) is 11. The topological polar surface area (TPSA) is 169 Å². The zero-order valence-corrected chi connectivity index (χ0v) is 24.7. The van der Waals surface area contributed by atoms with Crippen molar-refractivity contribution < 1.29 is 53.8 Å². The van der Waals surface area contributed by atoms with E-state index in [1.54, 1.807) is 58.0 Å². The third-order valence-electron chi connectivity index (χ3n) is 10.4. The van der Waals surface area contributed by atoms with Gasteiger partial charge in [-0.3, -0.25) is 9.59 Å². The molecule has 0 amide bonds. The van der Waals surface area contributed by atoms with Crippen molar-refractivity contribution in [3.63, 3.8) is 0 Å². The molecule has 11 nitrogen and oxygen atoms in total. The van der Waals surface area contributed by atoms with E-state index < -0.39 is 82.5 Å². The van der Waals surface area contributed by atoms with E-state index in [1.165, 1.54) is 13.8 Å². The van der Waals surface area contributed by atoms with Crippen LogP contribution in [0.4, 0.5) is 0 Å². The molecule has 11 heteroatoms. The summed E-state index contributed by atoms with van der Waals surface area (Å²) in [5.41, 5.74) is -5.84. The predicted octanol–water partition coefficient (Wildman–Crippen LogP) is 1.44. The summed E-state index contributed by atoms with van der Waals surface area (Å²) in [7, 11) is 0. The average Bonchev–Trinajstić information content (AvgIpc) is 2.90. The summed E-state index contributed by atoms with van der Waals surface area (Å²) in [5, 5.41) is 48.2. The minimum atomic E-state index is -2.07. The number of carbonyl (C=O) groups is 3. The van der Waals surface area contributed by atoms with E-state index in [4.69, 9.17) is 18.9 Å². The number of aliphatic hydroxyl groups is 4. The van der Waals surface area contributed by atoms with Crippen molar-refractivity contribution in [1.82, 2.24) is 0 Å². The fourth-order valence-electron chi connectivity index (χ4n) is 8.15. The average molecular weight is 589 g/mol. The van der Waals surface area contributed by atoms with E-state index in [0.717, 1.165) is 0 Å². The van der Waals surface area contributed by atoms with Gasteiger partial charge in [-0.2, -0.15) is 0 Å². The lowest BCUT2D eigenvalue weighted by Gasteiger charge is -2.69. The van der Waals surface area contributed by atoms with Gasteiger partial charge in [0.1, 0.15) is 23.9 Å². The highest BCUT2D eigenvalue weighted by molar-refractivity contribution is 5.89. The molecule has 0 aromatic heterocycles. The second-order valence-electron chi connectivity index (χ2n) is 13.0. The Hall–Kier alpha value is -2.83. The Labute approximate surface area is 244 Å². The molecule has 230 valence electrons. The number of aliphatic hydroxyl groups excluding tert-OH is 3. The molecule has 10 atom stereocenters. The number of rotatable bonds is 4. The zero-order chi connectivity index (χ0) is 31.0. The standard InChI is InChI=1S/C31H40O11/c1-15-19(34)13-31(38)26(41-27(37)18-10-8-7-9-11-18)24-29(6,20(35)12-21-30(24,14-39-21)42-17(3)33)25(36)23(40-16(2)32)22(15)28(31,4)5/h7-11,19-21,23-26,34-36,38H,12-14H2,1-6H3/t19-,20-,21?,23+,24-,25-,26-,29+,30-,31+/m0/s1. The van der Waals surface area contributed by atoms with E-state index in [1.807, 2.05) is 0 Å². The molecule has 1 aliphatic heterocycles. The van der Waals surface area contributed by atoms with E-state index in [9.17, 15) is 34.8 Å². The zero-order valence-electron chi connectivity index (χ0n) is 24.7. The monoisotopic (exact) mass is 588 g/mol. The van der Waals surface area contributed by atoms with Gasteiger partial charge < -0.3 is 39.4 Å². The molecular formula is C31H40O11. The van der Waals surface area contributed by atoms with E-state index in [0.29, 0.717) is 5.57 Å². The van der Waals surface area contributed by atoms with Crippen LogP contribution in [0.15, 0.2) is 41.5 Å². The van der Waals surface area contributed by atoms with Gasteiger partial charge in [-0.1, -0.05) is 39.0 Å². The van der Waals surface area contributed by atoms with Crippen LogP contribution in [0.2, 0.25) is 0 Å². The molecule has 2 bridgehead atoms. The molecule has 0 spiro atoms. The Morgan fingerprint density at radius 1 is 0.976 bits per heavy atom. The summed E-state index contributed by atoms with van der Waals surface area (Å²) in [5.74, 6) is -3.46. The normalized spacial score (nSPS) is 42.1. The third-order valence-corrected chi connectivity index (χ3v) is 10.4. The molecule has 1 unspecified atom stereocenters. The number of hydrogen-bond donors (Lipinski definition) is 4. The maximum absolute atomic E-state index is 13.7. The lowest BCUT2D eigenvalue weighted by Crippen LogP contribution is -2.82. The minimum Gasteiger partial charge on any atom is -0.455 e. The Morgan fingerprint density at radius 3 is 2.17 bits per heavy atom. The Balaban J connectivity index is 1.83. The third kappa shape index (κ3) is 4.16. The molecule has 1 aromatic rings. The molecule has 5 rings (SSSR count). The molecule has 3 aliphatic carbocycles. The molecule has 0 radical (unpaired) electrons. The molecule has 4 aliphatic rings. The molecule has 3 fully saturated rings. The summed E-state index contributed by atoms with van der Waals surface area (Å²) in [4.78, 5) is 38.7. The van der Waals surface area contributed by atoms with Crippen molar-refractivity contribution in [2.45, 2.75) is 102 Å². The van der Waals surface area contributed by atoms with Crippen molar-refractivity contribution in [3.8, 4) is 0 Å². The van der Waals surface area contributed by atoms with Gasteiger partial charge in [0, 0.05) is 37.5 Å². The van der Waals surface area contributed by atoms with Crippen molar-refractivity contribution in [2.75, 3.05) is 6.61 Å². The highest BCUT2D eigenvalue weighted by atomic mass is 16.6. The molecule has 1 heterocycles. The van der Waals surface area contributed by atoms with Crippen molar-refractivity contribution >= 4 is 17.9 Å².